The van der Waals surface area contributed by atoms with Gasteiger partial charge in [-0.25, -0.2) is 4.99 Å². The summed E-state index contributed by atoms with van der Waals surface area (Å²) in [6, 6.07) is 10.1. The lowest BCUT2D eigenvalue weighted by molar-refractivity contribution is -0.104. The third-order valence-electron chi connectivity index (χ3n) is 2.73. The van der Waals surface area contributed by atoms with Gasteiger partial charge in [-0.05, 0) is 26.1 Å². The number of hydrazone groups is 1. The van der Waals surface area contributed by atoms with Crippen LogP contribution in [0.2, 0.25) is 0 Å². The lowest BCUT2D eigenvalue weighted by Crippen LogP contribution is -2.29. The highest BCUT2D eigenvalue weighted by Crippen LogP contribution is 2.07. The summed E-state index contributed by atoms with van der Waals surface area (Å²) in [4.78, 5) is 16.6. The van der Waals surface area contributed by atoms with Crippen molar-refractivity contribution in [3.05, 3.63) is 47.7 Å². The molecule has 5 nitrogen and oxygen atoms in total. The van der Waals surface area contributed by atoms with Crippen LogP contribution in [0.1, 0.15) is 19.4 Å². The number of hydrogen-bond acceptors (Lipinski definition) is 4. The molecule has 0 saturated carbocycles. The fourth-order valence-electron chi connectivity index (χ4n) is 1.85. The monoisotopic (exact) mass is 286 g/mol. The average Bonchev–Trinajstić information content (AvgIpc) is 2.47. The molecule has 0 spiro atoms. The zero-order chi connectivity index (χ0) is 15.7. The Bertz CT molecular complexity index is 522. The molecule has 1 aromatic rings. The summed E-state index contributed by atoms with van der Waals surface area (Å²) in [5.41, 5.74) is 1.84. The molecule has 0 aliphatic rings. The maximum Gasteiger partial charge on any atom is 0.147 e. The van der Waals surface area contributed by atoms with E-state index in [0.717, 1.165) is 6.29 Å². The third-order valence-corrected chi connectivity index (χ3v) is 2.73. The van der Waals surface area contributed by atoms with Gasteiger partial charge in [0.25, 0.3) is 0 Å². The van der Waals surface area contributed by atoms with Gasteiger partial charge in [0.05, 0.1) is 0 Å². The molecule has 1 rings (SSSR count). The molecule has 0 saturated heterocycles. The summed E-state index contributed by atoms with van der Waals surface area (Å²) in [7, 11) is 1.86. The maximum atomic E-state index is 10.8. The molecule has 112 valence electrons. The van der Waals surface area contributed by atoms with Crippen LogP contribution in [0, 0.1) is 0 Å². The van der Waals surface area contributed by atoms with E-state index in [1.54, 1.807) is 18.9 Å². The Labute approximate surface area is 126 Å². The summed E-state index contributed by atoms with van der Waals surface area (Å²) in [5, 5.41) is 6.04. The number of hydrogen-bond donors (Lipinski definition) is 0. The molecule has 0 N–H and O–H groups in total. The van der Waals surface area contributed by atoms with E-state index in [-0.39, 0.29) is 0 Å². The van der Waals surface area contributed by atoms with Gasteiger partial charge in [0, 0.05) is 25.4 Å². The standard InChI is InChI=1S/C16H22N4O/c1-14(12-21)10-20(11-16-8-6-5-7-9-16)13-19(4)18-15(2)17-3/h5-10,12H,3,11,13H2,1-2,4H3/b14-10-,18-15-. The number of nitrogens with zero attached hydrogens (tertiary/aromatic N) is 4. The van der Waals surface area contributed by atoms with Crippen molar-refractivity contribution in [3.63, 3.8) is 0 Å². The van der Waals surface area contributed by atoms with Crippen LogP contribution in [0.3, 0.4) is 0 Å². The number of aliphatic imine (C=N–C) groups is 1. The van der Waals surface area contributed by atoms with E-state index in [1.165, 1.54) is 5.56 Å². The van der Waals surface area contributed by atoms with E-state index in [0.29, 0.717) is 24.6 Å². The van der Waals surface area contributed by atoms with Crippen molar-refractivity contribution in [1.82, 2.24) is 9.91 Å². The largest absolute Gasteiger partial charge is 0.354 e. The maximum absolute atomic E-state index is 10.8. The SMILES string of the molecule is C=N/C(C)=N\N(C)CN(/C=C(/C)C=O)Cc1ccccc1. The lowest BCUT2D eigenvalue weighted by atomic mass is 10.2. The zero-order valence-electron chi connectivity index (χ0n) is 12.9. The van der Waals surface area contributed by atoms with Crippen molar-refractivity contribution in [2.24, 2.45) is 10.1 Å². The molecule has 0 bridgehead atoms. The van der Waals surface area contributed by atoms with E-state index in [1.807, 2.05) is 36.3 Å². The van der Waals surface area contributed by atoms with E-state index in [9.17, 15) is 4.79 Å². The second kappa shape index (κ2) is 8.68. The van der Waals surface area contributed by atoms with E-state index >= 15 is 0 Å². The molecule has 5 heteroatoms. The second-order valence-electron chi connectivity index (χ2n) is 4.83. The quantitative estimate of drug-likeness (QED) is 0.193. The number of amidine groups is 1. The molecule has 0 unspecified atom stereocenters. The van der Waals surface area contributed by atoms with Gasteiger partial charge in [-0.2, -0.15) is 5.10 Å². The van der Waals surface area contributed by atoms with Crippen LogP contribution in [-0.4, -0.2) is 42.5 Å². The molecule has 21 heavy (non-hydrogen) atoms. The smallest absolute Gasteiger partial charge is 0.147 e. The minimum absolute atomic E-state index is 0.549. The minimum atomic E-state index is 0.549. The van der Waals surface area contributed by atoms with Crippen molar-refractivity contribution in [3.8, 4) is 0 Å². The van der Waals surface area contributed by atoms with Crippen molar-refractivity contribution in [2.75, 3.05) is 13.7 Å². The minimum Gasteiger partial charge on any atom is -0.354 e. The Kier molecular flexibility index (Phi) is 6.87. The van der Waals surface area contributed by atoms with Gasteiger partial charge >= 0.3 is 0 Å². The lowest BCUT2D eigenvalue weighted by Gasteiger charge is -2.25. The highest BCUT2D eigenvalue weighted by Gasteiger charge is 2.05. The number of rotatable bonds is 7. The van der Waals surface area contributed by atoms with Gasteiger partial charge in [0.15, 0.2) is 0 Å². The summed E-state index contributed by atoms with van der Waals surface area (Å²) < 4.78 is 0. The molecule has 0 radical (unpaired) electrons. The normalized spacial score (nSPS) is 12.0. The van der Waals surface area contributed by atoms with Crippen LogP contribution in [0.25, 0.3) is 0 Å². The van der Waals surface area contributed by atoms with Gasteiger partial charge in [-0.3, -0.25) is 9.80 Å². The van der Waals surface area contributed by atoms with Crippen LogP contribution in [0.5, 0.6) is 0 Å². The van der Waals surface area contributed by atoms with Gasteiger partial charge in [-0.1, -0.05) is 30.3 Å². The molecular formula is C16H22N4O. The summed E-state index contributed by atoms with van der Waals surface area (Å²) in [6.07, 6.45) is 2.68. The van der Waals surface area contributed by atoms with Crippen LogP contribution in [-0.2, 0) is 11.3 Å². The van der Waals surface area contributed by atoms with Crippen LogP contribution in [0.15, 0.2) is 52.2 Å². The van der Waals surface area contributed by atoms with Crippen LogP contribution >= 0.6 is 0 Å². The first-order valence-electron chi connectivity index (χ1n) is 6.69. The third kappa shape index (κ3) is 6.51. The van der Waals surface area contributed by atoms with Gasteiger partial charge in [0.1, 0.15) is 18.8 Å². The summed E-state index contributed by atoms with van der Waals surface area (Å²) >= 11 is 0. The van der Waals surface area contributed by atoms with E-state index < -0.39 is 0 Å². The van der Waals surface area contributed by atoms with E-state index in [4.69, 9.17) is 0 Å². The topological polar surface area (TPSA) is 48.3 Å². The van der Waals surface area contributed by atoms with Crippen molar-refractivity contribution >= 4 is 18.8 Å². The van der Waals surface area contributed by atoms with Crippen molar-refractivity contribution < 1.29 is 4.79 Å². The molecule has 0 amide bonds. The van der Waals surface area contributed by atoms with Gasteiger partial charge in [-0.15, -0.1) is 0 Å². The molecular weight excluding hydrogens is 264 g/mol. The predicted octanol–water partition coefficient (Wildman–Crippen LogP) is 2.51. The van der Waals surface area contributed by atoms with Crippen molar-refractivity contribution in [1.29, 1.82) is 0 Å². The first-order valence-corrected chi connectivity index (χ1v) is 6.69. The molecule has 0 aliphatic carbocycles. The zero-order valence-corrected chi connectivity index (χ0v) is 12.9. The second-order valence-corrected chi connectivity index (χ2v) is 4.83. The Morgan fingerprint density at radius 1 is 1.29 bits per heavy atom. The first kappa shape index (κ1) is 16.6. The molecule has 0 aliphatic heterocycles. The number of carbonyl (C=O) groups is 1. The van der Waals surface area contributed by atoms with Gasteiger partial charge < -0.3 is 4.90 Å². The highest BCUT2D eigenvalue weighted by molar-refractivity contribution is 5.83. The highest BCUT2D eigenvalue weighted by atomic mass is 16.1. The van der Waals surface area contributed by atoms with E-state index in [2.05, 4.69) is 28.9 Å². The molecule has 0 fully saturated rings. The number of aldehydes is 1. The molecule has 0 atom stereocenters. The molecule has 0 aromatic heterocycles. The molecule has 1 aromatic carbocycles. The summed E-state index contributed by atoms with van der Waals surface area (Å²) in [6.45, 7) is 8.26. The van der Waals surface area contributed by atoms with Crippen LogP contribution in [0.4, 0.5) is 0 Å². The number of carbonyl (C=O) groups excluding carboxylic acids is 1. The number of allylic oxidation sites excluding steroid dienone is 1. The Morgan fingerprint density at radius 3 is 2.52 bits per heavy atom. The Hall–Kier alpha value is -2.43. The molecule has 0 heterocycles. The number of benzene rings is 1. The fraction of sp³-hybridized carbons (Fsp3) is 0.312. The average molecular weight is 286 g/mol. The Morgan fingerprint density at radius 2 is 1.95 bits per heavy atom. The predicted molar refractivity (Wildman–Crippen MR) is 87.1 cm³/mol. The Balaban J connectivity index is 2.82. The fourth-order valence-corrected chi connectivity index (χ4v) is 1.85. The van der Waals surface area contributed by atoms with Crippen LogP contribution < -0.4 is 0 Å². The van der Waals surface area contributed by atoms with Gasteiger partial charge in [0.2, 0.25) is 0 Å². The first-order chi connectivity index (χ1) is 10.0. The summed E-state index contributed by atoms with van der Waals surface area (Å²) in [5.74, 6) is 0.605. The van der Waals surface area contributed by atoms with Crippen molar-refractivity contribution in [2.45, 2.75) is 20.4 Å².